The van der Waals surface area contributed by atoms with Crippen molar-refractivity contribution in [2.75, 3.05) is 7.11 Å². The zero-order chi connectivity index (χ0) is 15.8. The Morgan fingerprint density at radius 3 is 2.32 bits per heavy atom. The van der Waals surface area contributed by atoms with Crippen molar-refractivity contribution in [3.63, 3.8) is 0 Å². The summed E-state index contributed by atoms with van der Waals surface area (Å²) in [5.74, 6) is 0.982. The van der Waals surface area contributed by atoms with Crippen molar-refractivity contribution in [3.05, 3.63) is 66.2 Å². The zero-order valence-electron chi connectivity index (χ0n) is 13.9. The molecule has 0 aliphatic heterocycles. The van der Waals surface area contributed by atoms with Crippen molar-refractivity contribution in [2.45, 2.75) is 33.0 Å². The van der Waals surface area contributed by atoms with E-state index in [1.807, 2.05) is 6.07 Å². The van der Waals surface area contributed by atoms with Gasteiger partial charge in [-0.3, -0.25) is 0 Å². The standard InChI is InChI=1S/C20H25BO/c1-4-5-6-11-16-21(18-13-8-7-12-17(18)2)19-14-9-10-15-20(19)22-3/h5-10,12-15H,4,11,16H2,1-3H3. The monoisotopic (exact) mass is 292 g/mol. The Kier molecular flexibility index (Phi) is 6.33. The lowest BCUT2D eigenvalue weighted by atomic mass is 9.37. The van der Waals surface area contributed by atoms with Crippen molar-refractivity contribution in [1.82, 2.24) is 0 Å². The van der Waals surface area contributed by atoms with Crippen LogP contribution in [0.25, 0.3) is 0 Å². The molecule has 2 rings (SSSR count). The number of methoxy groups -OCH3 is 1. The minimum absolute atomic E-state index is 0.374. The van der Waals surface area contributed by atoms with Crippen molar-refractivity contribution >= 4 is 17.6 Å². The van der Waals surface area contributed by atoms with Gasteiger partial charge in [-0.05, 0) is 31.3 Å². The molecule has 0 aliphatic carbocycles. The Labute approximate surface area is 135 Å². The van der Waals surface area contributed by atoms with Crippen LogP contribution >= 0.6 is 0 Å². The Morgan fingerprint density at radius 2 is 1.64 bits per heavy atom. The summed E-state index contributed by atoms with van der Waals surface area (Å²) in [6.07, 6.45) is 7.83. The van der Waals surface area contributed by atoms with Crippen LogP contribution in [-0.4, -0.2) is 13.8 Å². The minimum atomic E-state index is 0.374. The van der Waals surface area contributed by atoms with E-state index in [9.17, 15) is 0 Å². The summed E-state index contributed by atoms with van der Waals surface area (Å²) < 4.78 is 5.60. The highest BCUT2D eigenvalue weighted by Gasteiger charge is 2.22. The molecule has 0 N–H and O–H groups in total. The summed E-state index contributed by atoms with van der Waals surface area (Å²) >= 11 is 0. The van der Waals surface area contributed by atoms with Gasteiger partial charge in [-0.15, -0.1) is 0 Å². The van der Waals surface area contributed by atoms with Crippen LogP contribution in [0.5, 0.6) is 5.75 Å². The van der Waals surface area contributed by atoms with Gasteiger partial charge in [-0.2, -0.15) is 0 Å². The van der Waals surface area contributed by atoms with Gasteiger partial charge in [-0.1, -0.05) is 78.9 Å². The topological polar surface area (TPSA) is 9.23 Å². The van der Waals surface area contributed by atoms with Gasteiger partial charge in [0.1, 0.15) is 5.75 Å². The lowest BCUT2D eigenvalue weighted by Gasteiger charge is -2.19. The molecule has 0 unspecified atom stereocenters. The van der Waals surface area contributed by atoms with Crippen LogP contribution in [0.4, 0.5) is 0 Å². The zero-order valence-corrected chi connectivity index (χ0v) is 13.9. The molecule has 1 nitrogen and oxygen atoms in total. The number of aryl methyl sites for hydroxylation is 1. The SMILES string of the molecule is CCC=CCCB(c1ccccc1C)c1ccccc1OC. The van der Waals surface area contributed by atoms with Crippen LogP contribution in [0.3, 0.4) is 0 Å². The molecule has 0 spiro atoms. The highest BCUT2D eigenvalue weighted by molar-refractivity contribution is 6.86. The Hall–Kier alpha value is -1.96. The van der Waals surface area contributed by atoms with E-state index in [0.717, 1.165) is 24.9 Å². The Bertz CT molecular complexity index is 619. The van der Waals surface area contributed by atoms with E-state index in [1.165, 1.54) is 16.5 Å². The van der Waals surface area contributed by atoms with E-state index in [2.05, 4.69) is 68.5 Å². The average molecular weight is 292 g/mol. The molecular formula is C20H25BO. The number of hydrogen-bond acceptors (Lipinski definition) is 1. The Balaban J connectivity index is 2.37. The van der Waals surface area contributed by atoms with E-state index in [0.29, 0.717) is 6.71 Å². The number of benzene rings is 2. The van der Waals surface area contributed by atoms with Crippen LogP contribution < -0.4 is 15.7 Å². The molecule has 0 amide bonds. The van der Waals surface area contributed by atoms with Crippen LogP contribution in [0.2, 0.25) is 6.32 Å². The lowest BCUT2D eigenvalue weighted by Crippen LogP contribution is -2.43. The van der Waals surface area contributed by atoms with E-state index >= 15 is 0 Å². The summed E-state index contributed by atoms with van der Waals surface area (Å²) in [4.78, 5) is 0. The smallest absolute Gasteiger partial charge is 0.214 e. The van der Waals surface area contributed by atoms with Crippen molar-refractivity contribution < 1.29 is 4.74 Å². The number of hydrogen-bond donors (Lipinski definition) is 0. The Morgan fingerprint density at radius 1 is 0.955 bits per heavy atom. The minimum Gasteiger partial charge on any atom is -0.497 e. The van der Waals surface area contributed by atoms with Gasteiger partial charge in [0.25, 0.3) is 0 Å². The highest BCUT2D eigenvalue weighted by atomic mass is 16.5. The maximum Gasteiger partial charge on any atom is 0.214 e. The maximum atomic E-state index is 5.60. The molecule has 2 aromatic carbocycles. The molecule has 0 aliphatic rings. The number of allylic oxidation sites excluding steroid dienone is 2. The van der Waals surface area contributed by atoms with Crippen LogP contribution in [0, 0.1) is 6.92 Å². The first-order chi connectivity index (χ1) is 10.8. The third kappa shape index (κ3) is 4.04. The summed E-state index contributed by atoms with van der Waals surface area (Å²) in [7, 11) is 1.75. The second-order valence-corrected chi connectivity index (χ2v) is 5.61. The lowest BCUT2D eigenvalue weighted by molar-refractivity contribution is 0.418. The molecule has 0 saturated heterocycles. The number of ether oxygens (including phenoxy) is 1. The maximum absolute atomic E-state index is 5.60. The molecule has 2 heteroatoms. The predicted molar refractivity (Wildman–Crippen MR) is 98.1 cm³/mol. The van der Waals surface area contributed by atoms with Crippen LogP contribution in [0.1, 0.15) is 25.3 Å². The van der Waals surface area contributed by atoms with Gasteiger partial charge >= 0.3 is 0 Å². The predicted octanol–water partition coefficient (Wildman–Crippen LogP) is 3.97. The fourth-order valence-corrected chi connectivity index (χ4v) is 2.96. The van der Waals surface area contributed by atoms with Gasteiger partial charge in [0.15, 0.2) is 0 Å². The van der Waals surface area contributed by atoms with E-state index in [4.69, 9.17) is 4.74 Å². The summed E-state index contributed by atoms with van der Waals surface area (Å²) in [5, 5.41) is 0. The fraction of sp³-hybridized carbons (Fsp3) is 0.300. The average Bonchev–Trinajstić information content (AvgIpc) is 2.56. The quantitative estimate of drug-likeness (QED) is 0.554. The van der Waals surface area contributed by atoms with Crippen molar-refractivity contribution in [2.24, 2.45) is 0 Å². The van der Waals surface area contributed by atoms with E-state index < -0.39 is 0 Å². The second kappa shape index (κ2) is 8.48. The van der Waals surface area contributed by atoms with Crippen LogP contribution in [0.15, 0.2) is 60.7 Å². The van der Waals surface area contributed by atoms with E-state index in [-0.39, 0.29) is 0 Å². The molecule has 0 heterocycles. The molecule has 0 atom stereocenters. The molecule has 0 saturated carbocycles. The third-order valence-electron chi connectivity index (χ3n) is 4.10. The van der Waals surface area contributed by atoms with Crippen molar-refractivity contribution in [3.8, 4) is 5.75 Å². The number of para-hydroxylation sites is 1. The largest absolute Gasteiger partial charge is 0.497 e. The second-order valence-electron chi connectivity index (χ2n) is 5.61. The first kappa shape index (κ1) is 16.4. The summed E-state index contributed by atoms with van der Waals surface area (Å²) in [6.45, 7) is 4.74. The first-order valence-electron chi connectivity index (χ1n) is 8.11. The molecule has 2 aromatic rings. The molecule has 0 bridgehead atoms. The summed E-state index contributed by atoms with van der Waals surface area (Å²) in [6, 6.07) is 17.1. The highest BCUT2D eigenvalue weighted by Crippen LogP contribution is 2.12. The van der Waals surface area contributed by atoms with Crippen LogP contribution in [-0.2, 0) is 0 Å². The molecule has 0 radical (unpaired) electrons. The van der Waals surface area contributed by atoms with Gasteiger partial charge in [0.2, 0.25) is 6.71 Å². The van der Waals surface area contributed by atoms with Crippen molar-refractivity contribution in [1.29, 1.82) is 0 Å². The van der Waals surface area contributed by atoms with Gasteiger partial charge in [0.05, 0.1) is 7.11 Å². The van der Waals surface area contributed by atoms with Gasteiger partial charge in [-0.25, -0.2) is 0 Å². The summed E-state index contributed by atoms with van der Waals surface area (Å²) in [5.41, 5.74) is 4.03. The fourth-order valence-electron chi connectivity index (χ4n) is 2.96. The van der Waals surface area contributed by atoms with Gasteiger partial charge in [0, 0.05) is 0 Å². The molecule has 0 fully saturated rings. The first-order valence-corrected chi connectivity index (χ1v) is 8.11. The molecule has 22 heavy (non-hydrogen) atoms. The molecular weight excluding hydrogens is 267 g/mol. The van der Waals surface area contributed by atoms with E-state index in [1.54, 1.807) is 7.11 Å². The molecule has 114 valence electrons. The number of rotatable bonds is 7. The third-order valence-corrected chi connectivity index (χ3v) is 4.10. The normalized spacial score (nSPS) is 10.9. The van der Waals surface area contributed by atoms with Gasteiger partial charge < -0.3 is 4.74 Å². The molecule has 0 aromatic heterocycles.